The van der Waals surface area contributed by atoms with Crippen LogP contribution in [-0.2, 0) is 13.0 Å². The SMILES string of the molecule is CN1CCc2nc3c(Cl)cc(Cl)cc3c(C=O)c2C1. The molecule has 2 aromatic rings. The average molecular weight is 295 g/mol. The van der Waals surface area contributed by atoms with E-state index in [0.717, 1.165) is 42.4 Å². The standard InChI is InChI=1S/C14H12Cl2N2O/c1-18-3-2-13-10(6-18)11(7-19)9-4-8(15)5-12(16)14(9)17-13/h4-5,7H,2-3,6H2,1H3. The van der Waals surface area contributed by atoms with E-state index in [1.54, 1.807) is 12.1 Å². The maximum Gasteiger partial charge on any atom is 0.151 e. The Balaban J connectivity index is 2.39. The van der Waals surface area contributed by atoms with Gasteiger partial charge in [0.25, 0.3) is 0 Å². The van der Waals surface area contributed by atoms with Crippen LogP contribution in [0.1, 0.15) is 21.6 Å². The largest absolute Gasteiger partial charge is 0.302 e. The topological polar surface area (TPSA) is 33.2 Å². The molecule has 0 radical (unpaired) electrons. The van der Waals surface area contributed by atoms with Crippen LogP contribution in [0.3, 0.4) is 0 Å². The van der Waals surface area contributed by atoms with Crippen LogP contribution in [0.2, 0.25) is 10.0 Å². The lowest BCUT2D eigenvalue weighted by molar-refractivity contribution is 0.112. The Labute approximate surface area is 121 Å². The van der Waals surface area contributed by atoms with Crippen molar-refractivity contribution in [2.75, 3.05) is 13.6 Å². The van der Waals surface area contributed by atoms with Gasteiger partial charge in [-0.05, 0) is 24.7 Å². The van der Waals surface area contributed by atoms with Gasteiger partial charge in [-0.1, -0.05) is 23.2 Å². The Morgan fingerprint density at radius 1 is 1.37 bits per heavy atom. The number of aldehydes is 1. The van der Waals surface area contributed by atoms with Crippen molar-refractivity contribution >= 4 is 40.4 Å². The molecule has 0 saturated carbocycles. The molecule has 1 aromatic heterocycles. The van der Waals surface area contributed by atoms with Crippen LogP contribution in [0.15, 0.2) is 12.1 Å². The maximum absolute atomic E-state index is 11.5. The molecule has 3 rings (SSSR count). The average Bonchev–Trinajstić information content (AvgIpc) is 2.36. The summed E-state index contributed by atoms with van der Waals surface area (Å²) in [7, 11) is 2.03. The summed E-state index contributed by atoms with van der Waals surface area (Å²) in [4.78, 5) is 18.3. The molecule has 1 aliphatic rings. The molecule has 98 valence electrons. The highest BCUT2D eigenvalue weighted by atomic mass is 35.5. The van der Waals surface area contributed by atoms with Gasteiger partial charge in [-0.3, -0.25) is 9.78 Å². The van der Waals surface area contributed by atoms with E-state index in [2.05, 4.69) is 9.88 Å². The molecule has 1 aliphatic heterocycles. The second kappa shape index (κ2) is 4.75. The Morgan fingerprint density at radius 3 is 2.89 bits per heavy atom. The molecule has 0 spiro atoms. The highest BCUT2D eigenvalue weighted by Gasteiger charge is 2.21. The van der Waals surface area contributed by atoms with E-state index in [-0.39, 0.29) is 0 Å². The molecule has 0 amide bonds. The third-order valence-corrected chi connectivity index (χ3v) is 4.02. The third-order valence-electron chi connectivity index (χ3n) is 3.51. The van der Waals surface area contributed by atoms with Crippen LogP contribution in [0, 0.1) is 0 Å². The first-order chi connectivity index (χ1) is 9.10. The van der Waals surface area contributed by atoms with Gasteiger partial charge in [0.15, 0.2) is 6.29 Å². The number of fused-ring (bicyclic) bond motifs is 2. The summed E-state index contributed by atoms with van der Waals surface area (Å²) < 4.78 is 0. The predicted molar refractivity (Wildman–Crippen MR) is 77.2 cm³/mol. The highest BCUT2D eigenvalue weighted by Crippen LogP contribution is 2.32. The monoisotopic (exact) mass is 294 g/mol. The normalized spacial score (nSPS) is 15.5. The van der Waals surface area contributed by atoms with Crippen molar-refractivity contribution in [2.45, 2.75) is 13.0 Å². The second-order valence-electron chi connectivity index (χ2n) is 4.84. The number of nitrogens with zero attached hydrogens (tertiary/aromatic N) is 2. The van der Waals surface area contributed by atoms with E-state index in [1.165, 1.54) is 0 Å². The fourth-order valence-corrected chi connectivity index (χ4v) is 3.10. The Morgan fingerprint density at radius 2 is 2.16 bits per heavy atom. The fourth-order valence-electron chi connectivity index (χ4n) is 2.57. The number of likely N-dealkylation sites (N-methyl/N-ethyl adjacent to an activating group) is 1. The number of benzene rings is 1. The number of carbonyl (C=O) groups is 1. The molecule has 19 heavy (non-hydrogen) atoms. The molecule has 0 bridgehead atoms. The number of rotatable bonds is 1. The molecule has 0 atom stereocenters. The van der Waals surface area contributed by atoms with Crippen LogP contribution < -0.4 is 0 Å². The number of carbonyl (C=O) groups excluding carboxylic acids is 1. The molecule has 0 aliphatic carbocycles. The fraction of sp³-hybridized carbons (Fsp3) is 0.286. The van der Waals surface area contributed by atoms with Gasteiger partial charge in [0.2, 0.25) is 0 Å². The lowest BCUT2D eigenvalue weighted by atomic mass is 9.97. The van der Waals surface area contributed by atoms with E-state index in [4.69, 9.17) is 23.2 Å². The Bertz CT molecular complexity index is 685. The minimum absolute atomic E-state index is 0.493. The van der Waals surface area contributed by atoms with Crippen molar-refractivity contribution < 1.29 is 4.79 Å². The lowest BCUT2D eigenvalue weighted by Gasteiger charge is -2.26. The summed E-state index contributed by atoms with van der Waals surface area (Å²) in [5.41, 5.74) is 3.29. The first kappa shape index (κ1) is 12.9. The smallest absolute Gasteiger partial charge is 0.151 e. The van der Waals surface area contributed by atoms with Gasteiger partial charge in [0.05, 0.1) is 10.5 Å². The van der Waals surface area contributed by atoms with E-state index in [0.29, 0.717) is 21.1 Å². The van der Waals surface area contributed by atoms with Crippen LogP contribution in [0.5, 0.6) is 0 Å². The molecular formula is C14H12Cl2N2O. The summed E-state index contributed by atoms with van der Waals surface area (Å²) >= 11 is 12.2. The molecule has 0 N–H and O–H groups in total. The molecule has 2 heterocycles. The number of halogens is 2. The molecule has 0 saturated heterocycles. The summed E-state index contributed by atoms with van der Waals surface area (Å²) in [5, 5.41) is 1.75. The van der Waals surface area contributed by atoms with Crippen molar-refractivity contribution in [3.8, 4) is 0 Å². The van der Waals surface area contributed by atoms with Gasteiger partial charge in [0.1, 0.15) is 0 Å². The summed E-state index contributed by atoms with van der Waals surface area (Å²) in [6.45, 7) is 1.67. The minimum Gasteiger partial charge on any atom is -0.302 e. The van der Waals surface area contributed by atoms with Gasteiger partial charge in [-0.2, -0.15) is 0 Å². The zero-order valence-corrected chi connectivity index (χ0v) is 11.9. The molecule has 5 heteroatoms. The minimum atomic E-state index is 0.493. The number of hydrogen-bond acceptors (Lipinski definition) is 3. The van der Waals surface area contributed by atoms with Gasteiger partial charge in [0, 0.05) is 41.2 Å². The molecule has 3 nitrogen and oxygen atoms in total. The van der Waals surface area contributed by atoms with Crippen LogP contribution in [0.25, 0.3) is 10.9 Å². The van der Waals surface area contributed by atoms with Crippen molar-refractivity contribution in [1.29, 1.82) is 0 Å². The van der Waals surface area contributed by atoms with Gasteiger partial charge < -0.3 is 4.90 Å². The van der Waals surface area contributed by atoms with Gasteiger partial charge in [-0.25, -0.2) is 0 Å². The summed E-state index contributed by atoms with van der Waals surface area (Å²) in [6.07, 6.45) is 1.72. The Hall–Kier alpha value is -1.16. The van der Waals surface area contributed by atoms with Crippen LogP contribution in [-0.4, -0.2) is 29.8 Å². The molecular weight excluding hydrogens is 283 g/mol. The maximum atomic E-state index is 11.5. The van der Waals surface area contributed by atoms with Gasteiger partial charge >= 0.3 is 0 Å². The zero-order chi connectivity index (χ0) is 13.6. The van der Waals surface area contributed by atoms with Gasteiger partial charge in [-0.15, -0.1) is 0 Å². The van der Waals surface area contributed by atoms with E-state index in [9.17, 15) is 4.79 Å². The van der Waals surface area contributed by atoms with Crippen LogP contribution in [0.4, 0.5) is 0 Å². The van der Waals surface area contributed by atoms with Crippen LogP contribution >= 0.6 is 23.2 Å². The zero-order valence-electron chi connectivity index (χ0n) is 10.4. The summed E-state index contributed by atoms with van der Waals surface area (Å²) in [5.74, 6) is 0. The quantitative estimate of drug-likeness (QED) is 0.756. The first-order valence-corrected chi connectivity index (χ1v) is 6.80. The second-order valence-corrected chi connectivity index (χ2v) is 5.68. The lowest BCUT2D eigenvalue weighted by Crippen LogP contribution is -2.28. The van der Waals surface area contributed by atoms with E-state index >= 15 is 0 Å². The van der Waals surface area contributed by atoms with Crippen molar-refractivity contribution in [1.82, 2.24) is 9.88 Å². The number of pyridine rings is 1. The highest BCUT2D eigenvalue weighted by molar-refractivity contribution is 6.38. The Kier molecular flexibility index (Phi) is 3.21. The first-order valence-electron chi connectivity index (χ1n) is 6.04. The third kappa shape index (κ3) is 2.12. The molecule has 1 aromatic carbocycles. The van der Waals surface area contributed by atoms with Crippen molar-refractivity contribution in [3.63, 3.8) is 0 Å². The van der Waals surface area contributed by atoms with E-state index in [1.807, 2.05) is 7.05 Å². The number of hydrogen-bond donors (Lipinski definition) is 0. The van der Waals surface area contributed by atoms with Crippen molar-refractivity contribution in [3.05, 3.63) is 39.0 Å². The predicted octanol–water partition coefficient (Wildman–Crippen LogP) is 3.34. The van der Waals surface area contributed by atoms with E-state index < -0.39 is 0 Å². The summed E-state index contributed by atoms with van der Waals surface area (Å²) in [6, 6.07) is 3.42. The number of aromatic nitrogens is 1. The molecule has 0 fully saturated rings. The molecule has 0 unspecified atom stereocenters. The van der Waals surface area contributed by atoms with Crippen molar-refractivity contribution in [2.24, 2.45) is 0 Å².